The Labute approximate surface area is 132 Å². The number of phenolic OH excluding ortho intramolecular Hbond substituents is 1. The Morgan fingerprint density at radius 1 is 1.22 bits per heavy atom. The lowest BCUT2D eigenvalue weighted by molar-refractivity contribution is -0.138. The fraction of sp³-hybridized carbons (Fsp3) is 0.500. The molecule has 23 heavy (non-hydrogen) atoms. The Kier molecular flexibility index (Phi) is 2.32. The number of carbonyl (C=O) groups excluding carboxylic acids is 1. The second-order valence-corrected chi connectivity index (χ2v) is 7.07. The molecular formula is C16H17N5O2. The highest BCUT2D eigenvalue weighted by Gasteiger charge is 2.58. The summed E-state index contributed by atoms with van der Waals surface area (Å²) in [5, 5.41) is 21.1. The van der Waals surface area contributed by atoms with Crippen LogP contribution in [0.4, 0.5) is 0 Å². The van der Waals surface area contributed by atoms with Gasteiger partial charge in [0.2, 0.25) is 0 Å². The molecule has 7 heteroatoms. The number of benzene rings is 1. The molecule has 2 aliphatic carbocycles. The van der Waals surface area contributed by atoms with E-state index in [1.807, 2.05) is 17.0 Å². The highest BCUT2D eigenvalue weighted by atomic mass is 16.3. The lowest BCUT2D eigenvalue weighted by Crippen LogP contribution is -2.48. The van der Waals surface area contributed by atoms with Crippen LogP contribution in [-0.2, 0) is 22.3 Å². The van der Waals surface area contributed by atoms with Crippen molar-refractivity contribution >= 4 is 5.91 Å². The van der Waals surface area contributed by atoms with Crippen LogP contribution in [-0.4, -0.2) is 42.7 Å². The van der Waals surface area contributed by atoms with Crippen LogP contribution in [0, 0.1) is 0 Å². The van der Waals surface area contributed by atoms with Gasteiger partial charge in [-0.1, -0.05) is 6.07 Å². The third-order valence-corrected chi connectivity index (χ3v) is 5.57. The zero-order valence-electron chi connectivity index (χ0n) is 12.6. The highest BCUT2D eigenvalue weighted by Crippen LogP contribution is 2.54. The molecule has 2 heterocycles. The third kappa shape index (κ3) is 1.76. The Hall–Kier alpha value is -2.44. The van der Waals surface area contributed by atoms with Crippen molar-refractivity contribution in [3.8, 4) is 5.75 Å². The van der Waals surface area contributed by atoms with Crippen molar-refractivity contribution in [2.45, 2.75) is 43.2 Å². The largest absolute Gasteiger partial charge is 0.508 e. The van der Waals surface area contributed by atoms with Gasteiger partial charge in [0.25, 0.3) is 5.91 Å². The minimum absolute atomic E-state index is 0.0404. The molecule has 2 fully saturated rings. The van der Waals surface area contributed by atoms with Gasteiger partial charge in [0, 0.05) is 18.5 Å². The van der Waals surface area contributed by atoms with Gasteiger partial charge in [-0.2, -0.15) is 0 Å². The topological polar surface area (TPSA) is 84.1 Å². The molecule has 1 spiro atoms. The number of carbonyl (C=O) groups is 1. The fourth-order valence-corrected chi connectivity index (χ4v) is 3.94. The van der Waals surface area contributed by atoms with Crippen molar-refractivity contribution < 1.29 is 9.90 Å². The number of amides is 1. The van der Waals surface area contributed by atoms with Crippen LogP contribution in [0.5, 0.6) is 5.75 Å². The molecule has 1 aromatic carbocycles. The van der Waals surface area contributed by atoms with Gasteiger partial charge in [-0.15, -0.1) is 5.10 Å². The zero-order valence-corrected chi connectivity index (χ0v) is 12.6. The summed E-state index contributed by atoms with van der Waals surface area (Å²) in [4.78, 5) is 15.1. The summed E-state index contributed by atoms with van der Waals surface area (Å²) in [7, 11) is 0. The maximum Gasteiger partial charge on any atom is 0.251 e. The molecule has 3 aliphatic rings. The molecule has 118 valence electrons. The van der Waals surface area contributed by atoms with E-state index in [0.717, 1.165) is 37.8 Å². The van der Waals surface area contributed by atoms with E-state index in [-0.39, 0.29) is 11.3 Å². The molecule has 7 nitrogen and oxygen atoms in total. The van der Waals surface area contributed by atoms with Gasteiger partial charge in [0.1, 0.15) is 17.6 Å². The van der Waals surface area contributed by atoms with Crippen LogP contribution >= 0.6 is 0 Å². The van der Waals surface area contributed by atoms with Gasteiger partial charge in [-0.05, 0) is 59.4 Å². The van der Waals surface area contributed by atoms with Crippen molar-refractivity contribution in [1.29, 1.82) is 0 Å². The molecule has 1 N–H and O–H groups in total. The summed E-state index contributed by atoms with van der Waals surface area (Å²) in [6, 6.07) is 5.52. The minimum atomic E-state index is -0.575. The highest BCUT2D eigenvalue weighted by molar-refractivity contribution is 5.87. The smallest absolute Gasteiger partial charge is 0.251 e. The Bertz CT molecular complexity index is 793. The summed E-state index contributed by atoms with van der Waals surface area (Å²) < 4.78 is 1.61. The molecule has 2 saturated carbocycles. The molecule has 0 unspecified atom stereocenters. The second kappa shape index (κ2) is 4.10. The van der Waals surface area contributed by atoms with Crippen molar-refractivity contribution in [1.82, 2.24) is 25.1 Å². The first-order valence-corrected chi connectivity index (χ1v) is 7.98. The van der Waals surface area contributed by atoms with Crippen LogP contribution in [0.3, 0.4) is 0 Å². The number of rotatable bonds is 2. The molecule has 0 saturated heterocycles. The van der Waals surface area contributed by atoms with Crippen molar-refractivity contribution in [3.05, 3.63) is 35.7 Å². The van der Waals surface area contributed by atoms with Gasteiger partial charge in [-0.25, -0.2) is 4.68 Å². The number of tetrazole rings is 1. The van der Waals surface area contributed by atoms with E-state index in [9.17, 15) is 9.90 Å². The number of aromatic nitrogens is 4. The van der Waals surface area contributed by atoms with Gasteiger partial charge in [0.15, 0.2) is 0 Å². The van der Waals surface area contributed by atoms with E-state index in [1.165, 1.54) is 11.9 Å². The van der Waals surface area contributed by atoms with Crippen LogP contribution < -0.4 is 0 Å². The van der Waals surface area contributed by atoms with Crippen LogP contribution in [0.25, 0.3) is 0 Å². The predicted octanol–water partition coefficient (Wildman–Crippen LogP) is 0.942. The lowest BCUT2D eigenvalue weighted by atomic mass is 9.86. The number of fused-ring (bicyclic) bond motifs is 2. The standard InChI is InChI=1S/C16H17N5O2/c22-12-2-1-11-8-20(9-15(3-4-15)13(11)7-12)14(23)16(5-6-16)21-10-17-18-19-21/h1-2,7,10,22H,3-6,8-9H2. The molecule has 5 rings (SSSR count). The average molecular weight is 311 g/mol. The van der Waals surface area contributed by atoms with Crippen molar-refractivity contribution in [2.24, 2.45) is 0 Å². The molecule has 1 aliphatic heterocycles. The van der Waals surface area contributed by atoms with Crippen LogP contribution in [0.15, 0.2) is 24.5 Å². The number of hydrogen-bond donors (Lipinski definition) is 1. The van der Waals surface area contributed by atoms with Gasteiger partial charge in [-0.3, -0.25) is 4.79 Å². The number of phenols is 1. The number of hydrogen-bond acceptors (Lipinski definition) is 5. The first-order chi connectivity index (χ1) is 11.1. The summed E-state index contributed by atoms with van der Waals surface area (Å²) in [6.45, 7) is 1.33. The first-order valence-electron chi connectivity index (χ1n) is 7.98. The molecule has 0 bridgehead atoms. The molecule has 1 amide bonds. The number of nitrogens with zero attached hydrogens (tertiary/aromatic N) is 5. The Balaban J connectivity index is 1.49. The molecule has 0 atom stereocenters. The molecule has 2 aromatic rings. The van der Waals surface area contributed by atoms with Crippen molar-refractivity contribution in [3.63, 3.8) is 0 Å². The Morgan fingerprint density at radius 2 is 2.04 bits per heavy atom. The zero-order chi connectivity index (χ0) is 15.7. The first kappa shape index (κ1) is 13.0. The monoisotopic (exact) mass is 311 g/mol. The maximum atomic E-state index is 13.1. The SMILES string of the molecule is O=C(N1Cc2ccc(O)cc2C2(CC2)C1)C1(n2cnnn2)CC1. The maximum absolute atomic E-state index is 13.1. The van der Waals surface area contributed by atoms with Gasteiger partial charge < -0.3 is 10.0 Å². The number of aromatic hydroxyl groups is 1. The summed E-state index contributed by atoms with van der Waals surface area (Å²) in [5.74, 6) is 0.428. The third-order valence-electron chi connectivity index (χ3n) is 5.57. The van der Waals surface area contributed by atoms with Crippen LogP contribution in [0.2, 0.25) is 0 Å². The molecular weight excluding hydrogens is 294 g/mol. The van der Waals surface area contributed by atoms with Crippen LogP contribution in [0.1, 0.15) is 36.8 Å². The quantitative estimate of drug-likeness (QED) is 0.892. The minimum Gasteiger partial charge on any atom is -0.508 e. The average Bonchev–Trinajstić information content (AvgIpc) is 3.47. The summed E-state index contributed by atoms with van der Waals surface area (Å²) in [6.07, 6.45) is 5.27. The lowest BCUT2D eigenvalue weighted by Gasteiger charge is -2.37. The molecule has 1 aromatic heterocycles. The Morgan fingerprint density at radius 3 is 2.70 bits per heavy atom. The second-order valence-electron chi connectivity index (χ2n) is 7.07. The fourth-order valence-electron chi connectivity index (χ4n) is 3.94. The van der Waals surface area contributed by atoms with E-state index in [1.54, 1.807) is 10.7 Å². The van der Waals surface area contributed by atoms with E-state index < -0.39 is 5.54 Å². The predicted molar refractivity (Wildman–Crippen MR) is 79.5 cm³/mol. The van der Waals surface area contributed by atoms with E-state index in [4.69, 9.17) is 0 Å². The van der Waals surface area contributed by atoms with Crippen molar-refractivity contribution in [2.75, 3.05) is 6.54 Å². The summed E-state index contributed by atoms with van der Waals surface area (Å²) in [5.41, 5.74) is 1.83. The van der Waals surface area contributed by atoms with Gasteiger partial charge >= 0.3 is 0 Å². The molecule has 0 radical (unpaired) electrons. The van der Waals surface area contributed by atoms with E-state index in [0.29, 0.717) is 12.3 Å². The normalized spacial score (nSPS) is 22.7. The summed E-state index contributed by atoms with van der Waals surface area (Å²) >= 11 is 0. The van der Waals surface area contributed by atoms with Gasteiger partial charge in [0.05, 0.1) is 0 Å². The van der Waals surface area contributed by atoms with E-state index in [2.05, 4.69) is 15.5 Å². The van der Waals surface area contributed by atoms with E-state index >= 15 is 0 Å².